The molecule has 0 saturated heterocycles. The maximum absolute atomic E-state index is 4.51. The fraction of sp³-hybridized carbons (Fsp3) is 0.200. The van der Waals surface area contributed by atoms with Gasteiger partial charge in [0.2, 0.25) is 0 Å². The molecule has 0 bridgehead atoms. The number of benzene rings is 1. The van der Waals surface area contributed by atoms with Gasteiger partial charge in [0.05, 0.1) is 0 Å². The lowest BCUT2D eigenvalue weighted by Crippen LogP contribution is -2.04. The number of aromatic nitrogens is 2. The number of rotatable bonds is 4. The van der Waals surface area contributed by atoms with E-state index in [1.54, 1.807) is 23.7 Å². The minimum atomic E-state index is 0.866. The molecule has 0 spiro atoms. The van der Waals surface area contributed by atoms with Gasteiger partial charge in [0.25, 0.3) is 0 Å². The molecule has 3 rings (SSSR count). The summed E-state index contributed by atoms with van der Waals surface area (Å²) < 4.78 is 1.27. The largest absolute Gasteiger partial charge is 0.368 e. The zero-order valence-corrected chi connectivity index (χ0v) is 11.6. The van der Waals surface area contributed by atoms with E-state index in [0.29, 0.717) is 0 Å². The normalized spacial score (nSPS) is 10.8. The molecule has 0 saturated carbocycles. The molecule has 96 valence electrons. The smallest absolute Gasteiger partial charge is 0.152 e. The fourth-order valence-electron chi connectivity index (χ4n) is 2.09. The van der Waals surface area contributed by atoms with Crippen LogP contribution in [0, 0.1) is 0 Å². The number of anilines is 1. The lowest BCUT2D eigenvalue weighted by molar-refractivity contribution is 0.966. The Labute approximate surface area is 116 Å². The van der Waals surface area contributed by atoms with Crippen molar-refractivity contribution in [3.8, 4) is 11.3 Å². The number of thiophene rings is 1. The second-order valence-electron chi connectivity index (χ2n) is 4.32. The van der Waals surface area contributed by atoms with Gasteiger partial charge in [-0.2, -0.15) is 0 Å². The van der Waals surface area contributed by atoms with Gasteiger partial charge in [-0.3, -0.25) is 4.98 Å². The highest BCUT2D eigenvalue weighted by molar-refractivity contribution is 7.17. The number of hydrogen-bond donors (Lipinski definition) is 1. The summed E-state index contributed by atoms with van der Waals surface area (Å²) in [6, 6.07) is 8.45. The second kappa shape index (κ2) is 5.36. The average Bonchev–Trinajstić information content (AvgIpc) is 2.94. The van der Waals surface area contributed by atoms with Gasteiger partial charge in [-0.15, -0.1) is 11.3 Å². The molecule has 2 aromatic heterocycles. The van der Waals surface area contributed by atoms with Crippen molar-refractivity contribution in [3.63, 3.8) is 0 Å². The van der Waals surface area contributed by atoms with Crippen molar-refractivity contribution in [1.82, 2.24) is 9.97 Å². The second-order valence-corrected chi connectivity index (χ2v) is 5.24. The fourth-order valence-corrected chi connectivity index (χ4v) is 3.00. The molecule has 0 atom stereocenters. The van der Waals surface area contributed by atoms with Crippen molar-refractivity contribution in [2.24, 2.45) is 0 Å². The molecule has 3 nitrogen and oxygen atoms in total. The van der Waals surface area contributed by atoms with Gasteiger partial charge in [0.15, 0.2) is 5.82 Å². The molecule has 2 heterocycles. The lowest BCUT2D eigenvalue weighted by atomic mass is 10.1. The minimum absolute atomic E-state index is 0.866. The van der Waals surface area contributed by atoms with Crippen molar-refractivity contribution in [1.29, 1.82) is 0 Å². The van der Waals surface area contributed by atoms with Crippen molar-refractivity contribution in [2.75, 3.05) is 11.9 Å². The van der Waals surface area contributed by atoms with Gasteiger partial charge >= 0.3 is 0 Å². The van der Waals surface area contributed by atoms with Crippen LogP contribution in [0.5, 0.6) is 0 Å². The minimum Gasteiger partial charge on any atom is -0.368 e. The summed E-state index contributed by atoms with van der Waals surface area (Å²) in [4.78, 5) is 8.93. The Morgan fingerprint density at radius 1 is 1.16 bits per heavy atom. The summed E-state index contributed by atoms with van der Waals surface area (Å²) in [6.45, 7) is 3.05. The summed E-state index contributed by atoms with van der Waals surface area (Å²) in [5.74, 6) is 0.866. The Morgan fingerprint density at radius 3 is 2.95 bits per heavy atom. The molecule has 1 N–H and O–H groups in total. The van der Waals surface area contributed by atoms with E-state index in [4.69, 9.17) is 0 Å². The van der Waals surface area contributed by atoms with Gasteiger partial charge in [0, 0.05) is 29.2 Å². The van der Waals surface area contributed by atoms with Gasteiger partial charge < -0.3 is 5.32 Å². The van der Waals surface area contributed by atoms with Gasteiger partial charge in [-0.1, -0.05) is 25.1 Å². The van der Waals surface area contributed by atoms with Gasteiger partial charge in [-0.25, -0.2) is 4.98 Å². The lowest BCUT2D eigenvalue weighted by Gasteiger charge is -2.09. The van der Waals surface area contributed by atoms with Crippen LogP contribution in [0.1, 0.15) is 13.3 Å². The third kappa shape index (κ3) is 2.31. The Balaban J connectivity index is 2.13. The van der Waals surface area contributed by atoms with Crippen LogP contribution >= 0.6 is 11.3 Å². The third-order valence-corrected chi connectivity index (χ3v) is 3.94. The highest BCUT2D eigenvalue weighted by Crippen LogP contribution is 2.33. The Hall–Kier alpha value is -1.94. The van der Waals surface area contributed by atoms with Crippen molar-refractivity contribution in [2.45, 2.75) is 13.3 Å². The summed E-state index contributed by atoms with van der Waals surface area (Å²) in [5.41, 5.74) is 2.09. The molecule has 0 unspecified atom stereocenters. The van der Waals surface area contributed by atoms with Gasteiger partial charge in [-0.05, 0) is 23.3 Å². The van der Waals surface area contributed by atoms with Crippen LogP contribution in [0.15, 0.2) is 42.0 Å². The van der Waals surface area contributed by atoms with E-state index < -0.39 is 0 Å². The first-order valence-corrected chi connectivity index (χ1v) is 7.29. The van der Waals surface area contributed by atoms with E-state index >= 15 is 0 Å². The Kier molecular flexibility index (Phi) is 3.42. The number of nitrogens with zero attached hydrogens (tertiary/aromatic N) is 2. The monoisotopic (exact) mass is 269 g/mol. The SMILES string of the molecule is CCCNc1nccnc1-c1cccc2ccsc12. The quantitative estimate of drug-likeness (QED) is 0.772. The molecule has 0 amide bonds. The maximum atomic E-state index is 4.51. The van der Waals surface area contributed by atoms with E-state index in [1.165, 1.54) is 10.1 Å². The van der Waals surface area contributed by atoms with E-state index in [1.807, 2.05) is 0 Å². The molecule has 0 fully saturated rings. The molecule has 0 aliphatic rings. The Morgan fingerprint density at radius 2 is 2.05 bits per heavy atom. The van der Waals surface area contributed by atoms with Crippen LogP contribution in [0.25, 0.3) is 21.3 Å². The highest BCUT2D eigenvalue weighted by atomic mass is 32.1. The first-order valence-electron chi connectivity index (χ1n) is 6.41. The van der Waals surface area contributed by atoms with Crippen LogP contribution < -0.4 is 5.32 Å². The average molecular weight is 269 g/mol. The van der Waals surface area contributed by atoms with Crippen molar-refractivity contribution >= 4 is 27.2 Å². The molecular weight excluding hydrogens is 254 g/mol. The predicted molar refractivity (Wildman–Crippen MR) is 81.6 cm³/mol. The highest BCUT2D eigenvalue weighted by Gasteiger charge is 2.11. The van der Waals surface area contributed by atoms with Gasteiger partial charge in [0.1, 0.15) is 5.69 Å². The van der Waals surface area contributed by atoms with Crippen LogP contribution in [0.4, 0.5) is 5.82 Å². The van der Waals surface area contributed by atoms with Crippen LogP contribution in [-0.2, 0) is 0 Å². The molecule has 0 aliphatic heterocycles. The topological polar surface area (TPSA) is 37.8 Å². The summed E-state index contributed by atoms with van der Waals surface area (Å²) in [5, 5.41) is 6.72. The van der Waals surface area contributed by atoms with Crippen molar-refractivity contribution in [3.05, 3.63) is 42.0 Å². The molecule has 3 aromatic rings. The predicted octanol–water partition coefficient (Wildman–Crippen LogP) is 4.18. The third-order valence-electron chi connectivity index (χ3n) is 2.97. The first kappa shape index (κ1) is 12.1. The molecule has 0 aliphatic carbocycles. The summed E-state index contributed by atoms with van der Waals surface area (Å²) >= 11 is 1.75. The maximum Gasteiger partial charge on any atom is 0.152 e. The van der Waals surface area contributed by atoms with E-state index in [-0.39, 0.29) is 0 Å². The Bertz CT molecular complexity index is 690. The molecule has 1 aromatic carbocycles. The molecule has 4 heteroatoms. The van der Waals surface area contributed by atoms with E-state index in [9.17, 15) is 0 Å². The van der Waals surface area contributed by atoms with Crippen LogP contribution in [0.2, 0.25) is 0 Å². The van der Waals surface area contributed by atoms with Crippen LogP contribution in [0.3, 0.4) is 0 Å². The number of fused-ring (bicyclic) bond motifs is 1. The molecular formula is C15H15N3S. The van der Waals surface area contributed by atoms with E-state index in [2.05, 4.69) is 51.9 Å². The van der Waals surface area contributed by atoms with Crippen LogP contribution in [-0.4, -0.2) is 16.5 Å². The summed E-state index contributed by atoms with van der Waals surface area (Å²) in [7, 11) is 0. The zero-order valence-electron chi connectivity index (χ0n) is 10.8. The number of nitrogens with one attached hydrogen (secondary N) is 1. The molecule has 0 radical (unpaired) electrons. The zero-order chi connectivity index (χ0) is 13.1. The summed E-state index contributed by atoms with van der Waals surface area (Å²) in [6.07, 6.45) is 4.55. The standard InChI is InChI=1S/C15H15N3S/c1-2-7-17-15-13(16-8-9-18-15)12-5-3-4-11-6-10-19-14(11)12/h3-6,8-10H,2,7H2,1H3,(H,17,18). The molecule has 19 heavy (non-hydrogen) atoms. The van der Waals surface area contributed by atoms with E-state index in [0.717, 1.165) is 30.0 Å². The first-order chi connectivity index (χ1) is 9.40. The number of hydrogen-bond acceptors (Lipinski definition) is 4. The van der Waals surface area contributed by atoms with Crippen molar-refractivity contribution < 1.29 is 0 Å².